The molecular formula is C11H25NO2. The maximum Gasteiger partial charge on any atom is 0.0539 e. The smallest absolute Gasteiger partial charge is 0.0539 e. The van der Waals surface area contributed by atoms with Crippen LogP contribution in [0.3, 0.4) is 0 Å². The molecule has 3 heteroatoms. The quantitative estimate of drug-likeness (QED) is 0.581. The molecule has 0 saturated carbocycles. The largest absolute Gasteiger partial charge is 0.381 e. The van der Waals surface area contributed by atoms with Gasteiger partial charge in [-0.1, -0.05) is 20.8 Å². The molecule has 0 unspecified atom stereocenters. The van der Waals surface area contributed by atoms with Crippen molar-refractivity contribution < 1.29 is 9.47 Å². The van der Waals surface area contributed by atoms with Gasteiger partial charge in [0.2, 0.25) is 0 Å². The topological polar surface area (TPSA) is 44.5 Å². The van der Waals surface area contributed by atoms with Gasteiger partial charge in [0, 0.05) is 18.6 Å². The van der Waals surface area contributed by atoms with Crippen molar-refractivity contribution in [1.29, 1.82) is 0 Å². The molecule has 0 bridgehead atoms. The Morgan fingerprint density at radius 1 is 1.07 bits per heavy atom. The van der Waals surface area contributed by atoms with Crippen LogP contribution in [0.25, 0.3) is 0 Å². The van der Waals surface area contributed by atoms with Gasteiger partial charge in [-0.3, -0.25) is 0 Å². The number of hydrogen-bond donors (Lipinski definition) is 1. The van der Waals surface area contributed by atoms with Crippen molar-refractivity contribution in [3.05, 3.63) is 0 Å². The van der Waals surface area contributed by atoms with Gasteiger partial charge in [0.25, 0.3) is 0 Å². The Morgan fingerprint density at radius 2 is 1.64 bits per heavy atom. The first-order valence-corrected chi connectivity index (χ1v) is 5.48. The Hall–Kier alpha value is -0.120. The van der Waals surface area contributed by atoms with Gasteiger partial charge < -0.3 is 15.2 Å². The van der Waals surface area contributed by atoms with E-state index in [1.165, 1.54) is 0 Å². The molecule has 0 aromatic carbocycles. The number of nitrogens with two attached hydrogens (primary N) is 1. The summed E-state index contributed by atoms with van der Waals surface area (Å²) in [5, 5.41) is 0. The molecule has 0 atom stereocenters. The van der Waals surface area contributed by atoms with E-state index in [2.05, 4.69) is 20.8 Å². The molecule has 3 nitrogen and oxygen atoms in total. The Labute approximate surface area is 88.0 Å². The van der Waals surface area contributed by atoms with Gasteiger partial charge in [0.15, 0.2) is 0 Å². The van der Waals surface area contributed by atoms with E-state index >= 15 is 0 Å². The number of rotatable bonds is 9. The van der Waals surface area contributed by atoms with Gasteiger partial charge >= 0.3 is 0 Å². The molecule has 0 aliphatic carbocycles. The molecule has 0 radical (unpaired) electrons. The zero-order valence-electron chi connectivity index (χ0n) is 9.84. The van der Waals surface area contributed by atoms with Crippen LogP contribution in [0.5, 0.6) is 0 Å². The third-order valence-electron chi connectivity index (χ3n) is 1.83. The number of ether oxygens (including phenoxy) is 2. The van der Waals surface area contributed by atoms with Crippen LogP contribution in [0.15, 0.2) is 0 Å². The maximum atomic E-state index is 5.51. The molecule has 0 amide bonds. The summed E-state index contributed by atoms with van der Waals surface area (Å²) < 4.78 is 11.0. The molecule has 0 rings (SSSR count). The standard InChI is InChI=1S/C11H25NO2/c1-4-7-13-9-11(2,3)10-14-8-5-6-12/h4-10,12H2,1-3H3. The first kappa shape index (κ1) is 13.9. The lowest BCUT2D eigenvalue weighted by atomic mass is 9.96. The third kappa shape index (κ3) is 8.48. The first-order chi connectivity index (χ1) is 6.62. The summed E-state index contributed by atoms with van der Waals surface area (Å²) in [5.41, 5.74) is 5.49. The van der Waals surface area contributed by atoms with Crippen molar-refractivity contribution in [1.82, 2.24) is 0 Å². The molecule has 0 aromatic rings. The Kier molecular flexibility index (Phi) is 8.14. The predicted octanol–water partition coefficient (Wildman–Crippen LogP) is 1.80. The molecule has 86 valence electrons. The minimum Gasteiger partial charge on any atom is -0.381 e. The van der Waals surface area contributed by atoms with Crippen molar-refractivity contribution in [2.24, 2.45) is 11.1 Å². The lowest BCUT2D eigenvalue weighted by Gasteiger charge is -2.24. The molecule has 0 aromatic heterocycles. The summed E-state index contributed by atoms with van der Waals surface area (Å²) in [6.45, 7) is 10.2. The molecule has 2 N–H and O–H groups in total. The fraction of sp³-hybridized carbons (Fsp3) is 1.00. The Morgan fingerprint density at radius 3 is 2.14 bits per heavy atom. The van der Waals surface area contributed by atoms with Gasteiger partial charge in [-0.25, -0.2) is 0 Å². The van der Waals surface area contributed by atoms with Gasteiger partial charge in [0.1, 0.15) is 0 Å². The monoisotopic (exact) mass is 203 g/mol. The minimum absolute atomic E-state index is 0.115. The predicted molar refractivity (Wildman–Crippen MR) is 59.4 cm³/mol. The molecule has 0 fully saturated rings. The van der Waals surface area contributed by atoms with Gasteiger partial charge in [-0.05, 0) is 19.4 Å². The second kappa shape index (κ2) is 8.21. The van der Waals surface area contributed by atoms with Crippen molar-refractivity contribution in [3.8, 4) is 0 Å². The Balaban J connectivity index is 3.40. The molecule has 0 saturated heterocycles. The Bertz CT molecular complexity index is 126. The van der Waals surface area contributed by atoms with Crippen molar-refractivity contribution in [2.75, 3.05) is 33.0 Å². The SMILES string of the molecule is CCCOCC(C)(C)COCCCN. The van der Waals surface area contributed by atoms with E-state index in [0.717, 1.165) is 39.3 Å². The fourth-order valence-corrected chi connectivity index (χ4v) is 1.07. The maximum absolute atomic E-state index is 5.51. The van der Waals surface area contributed by atoms with Crippen LogP contribution in [0.1, 0.15) is 33.6 Å². The first-order valence-electron chi connectivity index (χ1n) is 5.48. The molecule has 0 heterocycles. The highest BCUT2D eigenvalue weighted by molar-refractivity contribution is 4.66. The van der Waals surface area contributed by atoms with Crippen LogP contribution in [-0.4, -0.2) is 33.0 Å². The van der Waals surface area contributed by atoms with Gasteiger partial charge in [-0.2, -0.15) is 0 Å². The van der Waals surface area contributed by atoms with E-state index in [9.17, 15) is 0 Å². The van der Waals surface area contributed by atoms with Crippen molar-refractivity contribution in [2.45, 2.75) is 33.6 Å². The third-order valence-corrected chi connectivity index (χ3v) is 1.83. The van der Waals surface area contributed by atoms with Crippen LogP contribution >= 0.6 is 0 Å². The summed E-state index contributed by atoms with van der Waals surface area (Å²) >= 11 is 0. The van der Waals surface area contributed by atoms with Gasteiger partial charge in [0.05, 0.1) is 13.2 Å². The lowest BCUT2D eigenvalue weighted by Crippen LogP contribution is -2.26. The van der Waals surface area contributed by atoms with Crippen LogP contribution in [-0.2, 0) is 9.47 Å². The molecule has 0 aliphatic rings. The van der Waals surface area contributed by atoms with E-state index in [1.54, 1.807) is 0 Å². The summed E-state index contributed by atoms with van der Waals surface area (Å²) in [5.74, 6) is 0. The highest BCUT2D eigenvalue weighted by Gasteiger charge is 2.17. The average molecular weight is 203 g/mol. The minimum atomic E-state index is 0.115. The second-order valence-corrected chi connectivity index (χ2v) is 4.41. The summed E-state index contributed by atoms with van der Waals surface area (Å²) in [7, 11) is 0. The van der Waals surface area contributed by atoms with Crippen molar-refractivity contribution in [3.63, 3.8) is 0 Å². The van der Waals surface area contributed by atoms with Crippen molar-refractivity contribution >= 4 is 0 Å². The van der Waals surface area contributed by atoms with Crippen LogP contribution in [0.4, 0.5) is 0 Å². The van der Waals surface area contributed by atoms with E-state index < -0.39 is 0 Å². The average Bonchev–Trinajstić information content (AvgIpc) is 2.13. The molecule has 14 heavy (non-hydrogen) atoms. The van der Waals surface area contributed by atoms with E-state index in [-0.39, 0.29) is 5.41 Å². The van der Waals surface area contributed by atoms with E-state index in [4.69, 9.17) is 15.2 Å². The highest BCUT2D eigenvalue weighted by atomic mass is 16.5. The molecule has 0 aliphatic heterocycles. The molecular weight excluding hydrogens is 178 g/mol. The highest BCUT2D eigenvalue weighted by Crippen LogP contribution is 2.15. The summed E-state index contributed by atoms with van der Waals surface area (Å²) in [4.78, 5) is 0. The number of hydrogen-bond acceptors (Lipinski definition) is 3. The normalized spacial score (nSPS) is 12.0. The van der Waals surface area contributed by atoms with Crippen LogP contribution in [0, 0.1) is 5.41 Å². The lowest BCUT2D eigenvalue weighted by molar-refractivity contribution is -0.00332. The summed E-state index contributed by atoms with van der Waals surface area (Å²) in [6, 6.07) is 0. The van der Waals surface area contributed by atoms with Crippen LogP contribution in [0.2, 0.25) is 0 Å². The van der Waals surface area contributed by atoms with E-state index in [0.29, 0.717) is 6.54 Å². The van der Waals surface area contributed by atoms with Crippen LogP contribution < -0.4 is 5.73 Å². The zero-order chi connectivity index (χ0) is 10.9. The molecule has 0 spiro atoms. The second-order valence-electron chi connectivity index (χ2n) is 4.41. The zero-order valence-corrected chi connectivity index (χ0v) is 9.84. The summed E-state index contributed by atoms with van der Waals surface area (Å²) in [6.07, 6.45) is 2.01. The fourth-order valence-electron chi connectivity index (χ4n) is 1.07. The van der Waals surface area contributed by atoms with Gasteiger partial charge in [-0.15, -0.1) is 0 Å². The van der Waals surface area contributed by atoms with E-state index in [1.807, 2.05) is 0 Å².